The minimum Gasteiger partial charge on any atom is -0.481 e. The zero-order chi connectivity index (χ0) is 11.3. The Labute approximate surface area is 90.3 Å². The summed E-state index contributed by atoms with van der Waals surface area (Å²) < 4.78 is 0. The van der Waals surface area contributed by atoms with Gasteiger partial charge in [-0.2, -0.15) is 0 Å². The molecular formula is C11H19NO3. The SMILES string of the molecule is CN(CCC(=O)O)C(=O)C1CCCCC1. The molecule has 0 aromatic carbocycles. The van der Waals surface area contributed by atoms with Crippen LogP contribution in [-0.2, 0) is 9.59 Å². The summed E-state index contributed by atoms with van der Waals surface area (Å²) in [5.41, 5.74) is 0. The van der Waals surface area contributed by atoms with Gasteiger partial charge in [-0.3, -0.25) is 9.59 Å². The molecule has 0 heterocycles. The topological polar surface area (TPSA) is 57.6 Å². The number of amides is 1. The zero-order valence-corrected chi connectivity index (χ0v) is 9.24. The number of carbonyl (C=O) groups is 2. The van der Waals surface area contributed by atoms with Crippen molar-refractivity contribution in [1.29, 1.82) is 0 Å². The molecule has 0 bridgehead atoms. The van der Waals surface area contributed by atoms with Crippen LogP contribution in [0.5, 0.6) is 0 Å². The third kappa shape index (κ3) is 3.90. The second-order valence-corrected chi connectivity index (χ2v) is 4.24. The summed E-state index contributed by atoms with van der Waals surface area (Å²) in [7, 11) is 1.69. The van der Waals surface area contributed by atoms with Crippen LogP contribution in [0.2, 0.25) is 0 Å². The highest BCUT2D eigenvalue weighted by molar-refractivity contribution is 5.79. The van der Waals surface area contributed by atoms with Crippen molar-refractivity contribution in [3.63, 3.8) is 0 Å². The fourth-order valence-electron chi connectivity index (χ4n) is 2.03. The summed E-state index contributed by atoms with van der Waals surface area (Å²) in [6.45, 7) is 0.324. The highest BCUT2D eigenvalue weighted by Crippen LogP contribution is 2.24. The highest BCUT2D eigenvalue weighted by atomic mass is 16.4. The van der Waals surface area contributed by atoms with Gasteiger partial charge in [-0.25, -0.2) is 0 Å². The Bertz CT molecular complexity index is 234. The Morgan fingerprint density at radius 1 is 1.27 bits per heavy atom. The van der Waals surface area contributed by atoms with E-state index in [1.165, 1.54) is 6.42 Å². The van der Waals surface area contributed by atoms with Crippen molar-refractivity contribution < 1.29 is 14.7 Å². The molecule has 0 saturated heterocycles. The first-order valence-electron chi connectivity index (χ1n) is 5.58. The van der Waals surface area contributed by atoms with Crippen molar-refractivity contribution in [1.82, 2.24) is 4.90 Å². The van der Waals surface area contributed by atoms with E-state index >= 15 is 0 Å². The molecule has 4 nitrogen and oxygen atoms in total. The molecular weight excluding hydrogens is 194 g/mol. The molecule has 0 aromatic rings. The predicted octanol–water partition coefficient (Wildman–Crippen LogP) is 1.50. The van der Waals surface area contributed by atoms with Gasteiger partial charge in [0.15, 0.2) is 0 Å². The van der Waals surface area contributed by atoms with Crippen LogP contribution in [0, 0.1) is 5.92 Å². The highest BCUT2D eigenvalue weighted by Gasteiger charge is 2.23. The van der Waals surface area contributed by atoms with E-state index < -0.39 is 5.97 Å². The lowest BCUT2D eigenvalue weighted by atomic mass is 9.88. The average molecular weight is 213 g/mol. The number of carboxylic acid groups (broad SMARTS) is 1. The number of nitrogens with zero attached hydrogens (tertiary/aromatic N) is 1. The molecule has 1 rings (SSSR count). The quantitative estimate of drug-likeness (QED) is 0.770. The molecule has 1 N–H and O–H groups in total. The first-order chi connectivity index (χ1) is 7.11. The van der Waals surface area contributed by atoms with E-state index in [0.717, 1.165) is 25.7 Å². The molecule has 0 aliphatic heterocycles. The maximum Gasteiger partial charge on any atom is 0.305 e. The van der Waals surface area contributed by atoms with Gasteiger partial charge in [0.1, 0.15) is 0 Å². The minimum atomic E-state index is -0.849. The first-order valence-corrected chi connectivity index (χ1v) is 5.58. The summed E-state index contributed by atoms with van der Waals surface area (Å²) in [4.78, 5) is 23.8. The van der Waals surface area contributed by atoms with Gasteiger partial charge in [-0.15, -0.1) is 0 Å². The second kappa shape index (κ2) is 5.73. The van der Waals surface area contributed by atoms with E-state index in [2.05, 4.69) is 0 Å². The zero-order valence-electron chi connectivity index (χ0n) is 9.24. The fourth-order valence-corrected chi connectivity index (χ4v) is 2.03. The van der Waals surface area contributed by atoms with E-state index in [0.29, 0.717) is 6.54 Å². The lowest BCUT2D eigenvalue weighted by Crippen LogP contribution is -2.35. The monoisotopic (exact) mass is 213 g/mol. The van der Waals surface area contributed by atoms with Gasteiger partial charge >= 0.3 is 5.97 Å². The van der Waals surface area contributed by atoms with Gasteiger partial charge < -0.3 is 10.0 Å². The van der Waals surface area contributed by atoms with Gasteiger partial charge in [0.25, 0.3) is 0 Å². The summed E-state index contributed by atoms with van der Waals surface area (Å²) in [6, 6.07) is 0. The molecule has 1 saturated carbocycles. The summed E-state index contributed by atoms with van der Waals surface area (Å²) in [5.74, 6) is -0.591. The van der Waals surface area contributed by atoms with Crippen LogP contribution >= 0.6 is 0 Å². The largest absolute Gasteiger partial charge is 0.481 e. The van der Waals surface area contributed by atoms with Crippen LogP contribution in [0.15, 0.2) is 0 Å². The van der Waals surface area contributed by atoms with Crippen LogP contribution in [0.25, 0.3) is 0 Å². The molecule has 4 heteroatoms. The number of aliphatic carboxylic acids is 1. The average Bonchev–Trinajstić information content (AvgIpc) is 2.26. The van der Waals surface area contributed by atoms with Gasteiger partial charge in [0, 0.05) is 19.5 Å². The van der Waals surface area contributed by atoms with Gasteiger partial charge in [-0.1, -0.05) is 19.3 Å². The maximum atomic E-state index is 11.8. The standard InChI is InChI=1S/C11H19NO3/c1-12(8-7-10(13)14)11(15)9-5-3-2-4-6-9/h9H,2-8H2,1H3,(H,13,14). The third-order valence-corrected chi connectivity index (χ3v) is 2.99. The molecule has 0 spiro atoms. The molecule has 1 fully saturated rings. The van der Waals surface area contributed by atoms with Crippen molar-refractivity contribution in [2.75, 3.05) is 13.6 Å². The first kappa shape index (κ1) is 12.0. The van der Waals surface area contributed by atoms with Crippen LogP contribution in [0.4, 0.5) is 0 Å². The van der Waals surface area contributed by atoms with Crippen molar-refractivity contribution in [3.05, 3.63) is 0 Å². The number of carbonyl (C=O) groups excluding carboxylic acids is 1. The predicted molar refractivity (Wildman–Crippen MR) is 56.5 cm³/mol. The molecule has 86 valence electrons. The van der Waals surface area contributed by atoms with Crippen LogP contribution in [-0.4, -0.2) is 35.5 Å². The molecule has 15 heavy (non-hydrogen) atoms. The number of carboxylic acids is 1. The van der Waals surface area contributed by atoms with Crippen molar-refractivity contribution in [2.45, 2.75) is 38.5 Å². The van der Waals surface area contributed by atoms with E-state index in [4.69, 9.17) is 5.11 Å². The van der Waals surface area contributed by atoms with E-state index in [1.54, 1.807) is 11.9 Å². The lowest BCUT2D eigenvalue weighted by molar-refractivity contribution is -0.139. The van der Waals surface area contributed by atoms with E-state index in [-0.39, 0.29) is 18.2 Å². The molecule has 0 unspecified atom stereocenters. The van der Waals surface area contributed by atoms with Gasteiger partial charge in [-0.05, 0) is 12.8 Å². The molecule has 0 radical (unpaired) electrons. The van der Waals surface area contributed by atoms with Crippen molar-refractivity contribution in [2.24, 2.45) is 5.92 Å². The summed E-state index contributed by atoms with van der Waals surface area (Å²) >= 11 is 0. The minimum absolute atomic E-state index is 0.0367. The molecule has 0 aromatic heterocycles. The van der Waals surface area contributed by atoms with Gasteiger partial charge in [0.2, 0.25) is 5.91 Å². The Kier molecular flexibility index (Phi) is 4.59. The van der Waals surface area contributed by atoms with Crippen LogP contribution in [0.3, 0.4) is 0 Å². The summed E-state index contributed by atoms with van der Waals surface area (Å²) in [6.07, 6.45) is 5.45. The number of hydrogen-bond acceptors (Lipinski definition) is 2. The second-order valence-electron chi connectivity index (χ2n) is 4.24. The number of rotatable bonds is 4. The van der Waals surface area contributed by atoms with Crippen LogP contribution in [0.1, 0.15) is 38.5 Å². The van der Waals surface area contributed by atoms with Crippen LogP contribution < -0.4 is 0 Å². The third-order valence-electron chi connectivity index (χ3n) is 2.99. The lowest BCUT2D eigenvalue weighted by Gasteiger charge is -2.25. The van der Waals surface area contributed by atoms with E-state index in [1.807, 2.05) is 0 Å². The maximum absolute atomic E-state index is 11.8. The van der Waals surface area contributed by atoms with Gasteiger partial charge in [0.05, 0.1) is 6.42 Å². The molecule has 1 aliphatic carbocycles. The number of hydrogen-bond donors (Lipinski definition) is 1. The smallest absolute Gasteiger partial charge is 0.305 e. The normalized spacial score (nSPS) is 17.4. The molecule has 0 atom stereocenters. The Morgan fingerprint density at radius 2 is 1.87 bits per heavy atom. The van der Waals surface area contributed by atoms with Crippen molar-refractivity contribution in [3.8, 4) is 0 Å². The Hall–Kier alpha value is -1.06. The Balaban J connectivity index is 2.33. The van der Waals surface area contributed by atoms with Crippen molar-refractivity contribution >= 4 is 11.9 Å². The molecule has 1 amide bonds. The fraction of sp³-hybridized carbons (Fsp3) is 0.818. The van der Waals surface area contributed by atoms with E-state index in [9.17, 15) is 9.59 Å². The molecule has 1 aliphatic rings. The summed E-state index contributed by atoms with van der Waals surface area (Å²) in [5, 5.41) is 8.52. The Morgan fingerprint density at radius 3 is 2.40 bits per heavy atom.